The van der Waals surface area contributed by atoms with Gasteiger partial charge in [0.15, 0.2) is 0 Å². The molecule has 2 bridgehead atoms. The highest BCUT2D eigenvalue weighted by molar-refractivity contribution is 5.84. The Hall–Kier alpha value is -0.570. The van der Waals surface area contributed by atoms with Gasteiger partial charge in [0, 0.05) is 25.0 Å². The lowest BCUT2D eigenvalue weighted by Crippen LogP contribution is -2.41. The molecule has 1 aliphatic carbocycles. The molecule has 102 valence electrons. The Labute approximate surface area is 110 Å². The number of piperidine rings is 1. The average Bonchev–Trinajstić information content (AvgIpc) is 2.87. The summed E-state index contributed by atoms with van der Waals surface area (Å²) in [5.74, 6) is 1.31. The van der Waals surface area contributed by atoms with Crippen LogP contribution in [0.1, 0.15) is 40.5 Å². The van der Waals surface area contributed by atoms with Crippen molar-refractivity contribution in [2.75, 3.05) is 19.6 Å². The van der Waals surface area contributed by atoms with E-state index in [9.17, 15) is 4.79 Å². The maximum Gasteiger partial charge on any atom is 0.226 e. The Morgan fingerprint density at radius 2 is 1.78 bits per heavy atom. The van der Waals surface area contributed by atoms with Gasteiger partial charge >= 0.3 is 0 Å². The van der Waals surface area contributed by atoms with Gasteiger partial charge in [-0.25, -0.2) is 0 Å². The Balaban J connectivity index is 1.74. The predicted molar refractivity (Wildman–Crippen MR) is 72.1 cm³/mol. The van der Waals surface area contributed by atoms with E-state index < -0.39 is 0 Å². The van der Waals surface area contributed by atoms with Crippen LogP contribution in [0.25, 0.3) is 0 Å². The van der Waals surface area contributed by atoms with E-state index in [1.54, 1.807) is 0 Å². The largest absolute Gasteiger partial charge is 0.341 e. The number of carbonyl (C=O) groups is 1. The highest BCUT2D eigenvalue weighted by Crippen LogP contribution is 2.68. The molecule has 3 nitrogen and oxygen atoms in total. The van der Waals surface area contributed by atoms with Crippen LogP contribution in [0, 0.1) is 22.7 Å². The summed E-state index contributed by atoms with van der Waals surface area (Å²) in [4.78, 5) is 14.9. The standard InChI is InChI=1S/C15H26N2O/c1-14(2)12(15(14,3)4)13(18)17-8-10-5-6-11(9-17)16-7-10/h10-12,16H,5-9H2,1-4H3. The molecule has 1 saturated carbocycles. The van der Waals surface area contributed by atoms with Gasteiger partial charge in [0.05, 0.1) is 0 Å². The van der Waals surface area contributed by atoms with Crippen molar-refractivity contribution in [3.8, 4) is 0 Å². The van der Waals surface area contributed by atoms with Crippen LogP contribution in [0.4, 0.5) is 0 Å². The fourth-order valence-corrected chi connectivity index (χ4v) is 4.11. The summed E-state index contributed by atoms with van der Waals surface area (Å²) in [6, 6.07) is 0.540. The second kappa shape index (κ2) is 3.72. The average molecular weight is 250 g/mol. The second-order valence-corrected chi connectivity index (χ2v) is 7.67. The number of fused-ring (bicyclic) bond motifs is 4. The molecule has 0 aromatic carbocycles. The van der Waals surface area contributed by atoms with E-state index in [0.717, 1.165) is 19.6 Å². The maximum absolute atomic E-state index is 12.8. The van der Waals surface area contributed by atoms with Gasteiger partial charge in [-0.3, -0.25) is 4.79 Å². The van der Waals surface area contributed by atoms with Crippen molar-refractivity contribution in [1.82, 2.24) is 10.2 Å². The summed E-state index contributed by atoms with van der Waals surface area (Å²) in [7, 11) is 0. The van der Waals surface area contributed by atoms with E-state index in [0.29, 0.717) is 17.9 Å². The number of amides is 1. The summed E-state index contributed by atoms with van der Waals surface area (Å²) >= 11 is 0. The zero-order chi connectivity index (χ0) is 13.1. The molecule has 0 aromatic rings. The smallest absolute Gasteiger partial charge is 0.226 e. The van der Waals surface area contributed by atoms with Gasteiger partial charge in [0.1, 0.15) is 0 Å². The van der Waals surface area contributed by atoms with Crippen molar-refractivity contribution in [2.45, 2.75) is 46.6 Å². The van der Waals surface area contributed by atoms with Gasteiger partial charge < -0.3 is 10.2 Å². The number of rotatable bonds is 1. The molecule has 4 rings (SSSR count). The molecule has 3 aliphatic heterocycles. The van der Waals surface area contributed by atoms with Crippen LogP contribution in [0.5, 0.6) is 0 Å². The molecule has 4 aliphatic rings. The fourth-order valence-electron chi connectivity index (χ4n) is 4.11. The Morgan fingerprint density at radius 3 is 2.28 bits per heavy atom. The zero-order valence-electron chi connectivity index (χ0n) is 12.1. The third-order valence-electron chi connectivity index (χ3n) is 6.12. The summed E-state index contributed by atoms with van der Waals surface area (Å²) in [6.45, 7) is 12.0. The molecule has 3 saturated heterocycles. The molecular formula is C15H26N2O. The number of nitrogens with zero attached hydrogens (tertiary/aromatic N) is 1. The lowest BCUT2D eigenvalue weighted by atomic mass is 9.97. The summed E-state index contributed by atoms with van der Waals surface area (Å²) in [5.41, 5.74) is 0.339. The first kappa shape index (κ1) is 12.5. The fraction of sp³-hybridized carbons (Fsp3) is 0.933. The first-order chi connectivity index (χ1) is 8.34. The molecule has 1 amide bonds. The Morgan fingerprint density at radius 1 is 1.11 bits per heavy atom. The van der Waals surface area contributed by atoms with Gasteiger partial charge in [0.2, 0.25) is 5.91 Å². The topological polar surface area (TPSA) is 32.3 Å². The molecule has 4 fully saturated rings. The Kier molecular flexibility index (Phi) is 2.58. The highest BCUT2D eigenvalue weighted by Gasteiger charge is 2.68. The van der Waals surface area contributed by atoms with Crippen LogP contribution in [-0.4, -0.2) is 36.5 Å². The summed E-state index contributed by atoms with van der Waals surface area (Å²) < 4.78 is 0. The normalized spacial score (nSPS) is 37.4. The highest BCUT2D eigenvalue weighted by atomic mass is 16.2. The van der Waals surface area contributed by atoms with E-state index in [2.05, 4.69) is 37.9 Å². The third kappa shape index (κ3) is 1.63. The molecule has 0 radical (unpaired) electrons. The van der Waals surface area contributed by atoms with E-state index >= 15 is 0 Å². The first-order valence-corrected chi connectivity index (χ1v) is 7.36. The molecule has 0 spiro atoms. The number of hydrogen-bond donors (Lipinski definition) is 1. The summed E-state index contributed by atoms with van der Waals surface area (Å²) in [6.07, 6.45) is 2.53. The molecule has 3 heterocycles. The molecular weight excluding hydrogens is 224 g/mol. The lowest BCUT2D eigenvalue weighted by Gasteiger charge is -2.23. The zero-order valence-corrected chi connectivity index (χ0v) is 12.1. The van der Waals surface area contributed by atoms with Gasteiger partial charge in [0.25, 0.3) is 0 Å². The van der Waals surface area contributed by atoms with E-state index in [1.807, 2.05) is 0 Å². The minimum atomic E-state index is 0.170. The lowest BCUT2D eigenvalue weighted by molar-refractivity contribution is -0.134. The minimum Gasteiger partial charge on any atom is -0.341 e. The van der Waals surface area contributed by atoms with Crippen molar-refractivity contribution in [1.29, 1.82) is 0 Å². The monoisotopic (exact) mass is 250 g/mol. The number of carbonyl (C=O) groups excluding carboxylic acids is 1. The quantitative estimate of drug-likeness (QED) is 0.770. The third-order valence-corrected chi connectivity index (χ3v) is 6.12. The van der Waals surface area contributed by atoms with Crippen LogP contribution >= 0.6 is 0 Å². The summed E-state index contributed by atoms with van der Waals surface area (Å²) in [5, 5.41) is 3.57. The SMILES string of the molecule is CC1(C)C(C(=O)N2CC3CCC(C2)NC3)C1(C)C. The van der Waals surface area contributed by atoms with Crippen LogP contribution in [0.3, 0.4) is 0 Å². The molecule has 3 heteroatoms. The van der Waals surface area contributed by atoms with Crippen LogP contribution in [-0.2, 0) is 4.79 Å². The molecule has 18 heavy (non-hydrogen) atoms. The molecule has 2 atom stereocenters. The van der Waals surface area contributed by atoms with Crippen LogP contribution in [0.2, 0.25) is 0 Å². The van der Waals surface area contributed by atoms with Crippen molar-refractivity contribution < 1.29 is 4.79 Å². The van der Waals surface area contributed by atoms with Gasteiger partial charge in [-0.15, -0.1) is 0 Å². The molecule has 0 aromatic heterocycles. The number of nitrogens with one attached hydrogen (secondary N) is 1. The van der Waals surface area contributed by atoms with Gasteiger partial charge in [-0.2, -0.15) is 0 Å². The minimum absolute atomic E-state index is 0.170. The molecule has 2 unspecified atom stereocenters. The van der Waals surface area contributed by atoms with Gasteiger partial charge in [-0.05, 0) is 36.1 Å². The van der Waals surface area contributed by atoms with Crippen molar-refractivity contribution >= 4 is 5.91 Å². The first-order valence-electron chi connectivity index (χ1n) is 7.36. The van der Waals surface area contributed by atoms with Crippen molar-refractivity contribution in [3.05, 3.63) is 0 Å². The van der Waals surface area contributed by atoms with E-state index in [1.165, 1.54) is 12.8 Å². The maximum atomic E-state index is 12.8. The van der Waals surface area contributed by atoms with Gasteiger partial charge in [-0.1, -0.05) is 27.7 Å². The Bertz CT molecular complexity index is 339. The van der Waals surface area contributed by atoms with Crippen molar-refractivity contribution in [3.63, 3.8) is 0 Å². The van der Waals surface area contributed by atoms with E-state index in [-0.39, 0.29) is 16.7 Å². The second-order valence-electron chi connectivity index (χ2n) is 7.67. The number of hydrogen-bond acceptors (Lipinski definition) is 2. The van der Waals surface area contributed by atoms with E-state index in [4.69, 9.17) is 0 Å². The predicted octanol–water partition coefficient (Wildman–Crippen LogP) is 1.88. The van der Waals surface area contributed by atoms with Crippen LogP contribution in [0.15, 0.2) is 0 Å². The van der Waals surface area contributed by atoms with Crippen molar-refractivity contribution in [2.24, 2.45) is 22.7 Å². The molecule has 1 N–H and O–H groups in total. The van der Waals surface area contributed by atoms with Crippen LogP contribution < -0.4 is 5.32 Å².